The van der Waals surface area contributed by atoms with Crippen molar-refractivity contribution in [3.05, 3.63) is 42.1 Å². The van der Waals surface area contributed by atoms with Crippen molar-refractivity contribution >= 4 is 11.8 Å². The molecule has 0 atom stereocenters. The molecule has 0 unspecified atom stereocenters. The van der Waals surface area contributed by atoms with E-state index in [1.807, 2.05) is 18.5 Å². The maximum Gasteiger partial charge on any atom is 0.382 e. The number of nitrogen functional groups attached to an aromatic ring is 1. The summed E-state index contributed by atoms with van der Waals surface area (Å²) in [4.78, 5) is 4.49. The zero-order chi connectivity index (χ0) is 11.5. The van der Waals surface area contributed by atoms with Crippen LogP contribution < -0.4 is 34.5 Å². The molecule has 1 aromatic heterocycles. The molecule has 5 heteroatoms. The van der Waals surface area contributed by atoms with E-state index in [1.54, 1.807) is 0 Å². The molecule has 17 heavy (non-hydrogen) atoms. The van der Waals surface area contributed by atoms with Crippen LogP contribution in [0.1, 0.15) is 5.56 Å². The van der Waals surface area contributed by atoms with Gasteiger partial charge in [0.05, 0.1) is 0 Å². The van der Waals surface area contributed by atoms with Gasteiger partial charge in [-0.2, -0.15) is 0 Å². The van der Waals surface area contributed by atoms with Crippen LogP contribution >= 0.6 is 11.8 Å². The third kappa shape index (κ3) is 3.32. The highest BCUT2D eigenvalue weighted by Crippen LogP contribution is 2.18. The first-order valence-electron chi connectivity index (χ1n) is 4.99. The lowest BCUT2D eigenvalue weighted by atomic mass is 10.1. The quantitative estimate of drug-likeness (QED) is 0.241. The Hall–Kier alpha value is -0.820. The van der Waals surface area contributed by atoms with E-state index in [-0.39, 0.29) is 24.0 Å². The van der Waals surface area contributed by atoms with E-state index in [1.165, 1.54) is 22.0 Å². The van der Waals surface area contributed by atoms with Crippen LogP contribution in [0.3, 0.4) is 0 Å². The highest BCUT2D eigenvalue weighted by Gasteiger charge is 2.12. The second-order valence-corrected chi connectivity index (χ2v) is 4.35. The summed E-state index contributed by atoms with van der Waals surface area (Å²) in [6.45, 7) is 2.07. The number of nitrogens with zero attached hydrogens (tertiary/aromatic N) is 2. The van der Waals surface area contributed by atoms with Gasteiger partial charge in [0.1, 0.15) is 6.20 Å². The minimum absolute atomic E-state index is 0. The molecule has 2 aromatic rings. The molecular formula is C12H14IN3S. The Kier molecular flexibility index (Phi) is 5.20. The van der Waals surface area contributed by atoms with E-state index in [2.05, 4.69) is 36.2 Å². The van der Waals surface area contributed by atoms with Crippen LogP contribution in [-0.4, -0.2) is 11.2 Å². The van der Waals surface area contributed by atoms with Crippen molar-refractivity contribution in [2.75, 3.05) is 12.1 Å². The summed E-state index contributed by atoms with van der Waals surface area (Å²) in [6.07, 6.45) is 3.79. The second-order valence-electron chi connectivity index (χ2n) is 3.57. The average Bonchev–Trinajstić information content (AvgIpc) is 2.31. The third-order valence-electron chi connectivity index (χ3n) is 2.36. The van der Waals surface area contributed by atoms with Gasteiger partial charge in [-0.3, -0.25) is 5.84 Å². The number of nitrogens with two attached hydrogens (primary N) is 1. The van der Waals surface area contributed by atoms with Gasteiger partial charge in [-0.25, -0.2) is 0 Å². The fraction of sp³-hybridized carbons (Fsp3) is 0.167. The van der Waals surface area contributed by atoms with Crippen LogP contribution in [0.15, 0.2) is 41.7 Å². The molecule has 0 aliphatic heterocycles. The Morgan fingerprint density at radius 2 is 1.82 bits per heavy atom. The van der Waals surface area contributed by atoms with Gasteiger partial charge in [-0.1, -0.05) is 29.8 Å². The molecule has 0 saturated heterocycles. The van der Waals surface area contributed by atoms with E-state index >= 15 is 0 Å². The Bertz CT molecular complexity index is 500. The number of rotatable bonds is 2. The number of hydrogen-bond acceptors (Lipinski definition) is 3. The monoisotopic (exact) mass is 359 g/mol. The summed E-state index contributed by atoms with van der Waals surface area (Å²) < 4.78 is 1.53. The first kappa shape index (κ1) is 14.2. The molecule has 0 aliphatic rings. The Balaban J connectivity index is 0.00000144. The van der Waals surface area contributed by atoms with Crippen molar-refractivity contribution in [1.29, 1.82) is 0 Å². The van der Waals surface area contributed by atoms with Gasteiger partial charge in [-0.15, -0.1) is 4.68 Å². The van der Waals surface area contributed by atoms with Gasteiger partial charge in [0.15, 0.2) is 5.69 Å². The number of aryl methyl sites for hydroxylation is 1. The van der Waals surface area contributed by atoms with Gasteiger partial charge >= 0.3 is 5.16 Å². The Morgan fingerprint density at radius 3 is 2.41 bits per heavy atom. The van der Waals surface area contributed by atoms with Crippen molar-refractivity contribution < 1.29 is 28.7 Å². The fourth-order valence-electron chi connectivity index (χ4n) is 1.45. The molecular weight excluding hydrogens is 345 g/mol. The van der Waals surface area contributed by atoms with Gasteiger partial charge < -0.3 is 24.0 Å². The molecule has 3 nitrogen and oxygen atoms in total. The SMILES string of the molecule is CSc1nc(-c2ccc(C)cc2)cc[n+]1N.[I-]. The first-order chi connectivity index (χ1) is 7.70. The molecule has 0 amide bonds. The highest BCUT2D eigenvalue weighted by molar-refractivity contribution is 7.98. The standard InChI is InChI=1S/C12H14N3S.HI/c1-9-3-5-10(6-4-9)11-7-8-15(13)12(14-11)16-2;/h3-8H,13H2,1-2H3;1H/q+1;/p-1. The van der Waals surface area contributed by atoms with Crippen LogP contribution in [-0.2, 0) is 0 Å². The normalized spacial score (nSPS) is 9.76. The zero-order valence-corrected chi connectivity index (χ0v) is 12.7. The van der Waals surface area contributed by atoms with Crippen molar-refractivity contribution in [2.24, 2.45) is 0 Å². The van der Waals surface area contributed by atoms with Crippen molar-refractivity contribution in [2.45, 2.75) is 12.1 Å². The number of halogens is 1. The summed E-state index contributed by atoms with van der Waals surface area (Å²) in [6, 6.07) is 10.2. The summed E-state index contributed by atoms with van der Waals surface area (Å²) >= 11 is 1.53. The molecule has 0 saturated carbocycles. The Morgan fingerprint density at radius 1 is 1.18 bits per heavy atom. The molecule has 0 radical (unpaired) electrons. The highest BCUT2D eigenvalue weighted by atomic mass is 127. The topological polar surface area (TPSA) is 42.8 Å². The molecule has 0 fully saturated rings. The fourth-order valence-corrected chi connectivity index (χ4v) is 1.91. The lowest BCUT2D eigenvalue weighted by Gasteiger charge is -1.99. The Labute approximate surface area is 122 Å². The van der Waals surface area contributed by atoms with Crippen LogP contribution in [0.4, 0.5) is 0 Å². The minimum Gasteiger partial charge on any atom is -1.00 e. The molecule has 1 aromatic carbocycles. The van der Waals surface area contributed by atoms with Crippen LogP contribution in [0.25, 0.3) is 11.3 Å². The lowest BCUT2D eigenvalue weighted by molar-refractivity contribution is -0.682. The van der Waals surface area contributed by atoms with Crippen LogP contribution in [0, 0.1) is 6.92 Å². The van der Waals surface area contributed by atoms with Crippen LogP contribution in [0.5, 0.6) is 0 Å². The van der Waals surface area contributed by atoms with Gasteiger partial charge in [0.25, 0.3) is 0 Å². The lowest BCUT2D eigenvalue weighted by Crippen LogP contribution is -3.00. The number of hydrogen-bond donors (Lipinski definition) is 1. The summed E-state index contributed by atoms with van der Waals surface area (Å²) in [5.41, 5.74) is 3.31. The predicted octanol–water partition coefficient (Wildman–Crippen LogP) is -1.22. The molecule has 0 spiro atoms. The number of thioether (sulfide) groups is 1. The largest absolute Gasteiger partial charge is 1.00 e. The number of benzene rings is 1. The molecule has 1 heterocycles. The second kappa shape index (κ2) is 6.20. The first-order valence-corrected chi connectivity index (χ1v) is 6.22. The van der Waals surface area contributed by atoms with E-state index < -0.39 is 0 Å². The number of aromatic nitrogens is 2. The maximum atomic E-state index is 5.74. The molecule has 0 bridgehead atoms. The van der Waals surface area contributed by atoms with E-state index in [0.29, 0.717) is 0 Å². The smallest absolute Gasteiger partial charge is 0.382 e. The van der Waals surface area contributed by atoms with Crippen LogP contribution in [0.2, 0.25) is 0 Å². The predicted molar refractivity (Wildman–Crippen MR) is 66.5 cm³/mol. The molecule has 2 rings (SSSR count). The summed E-state index contributed by atoms with van der Waals surface area (Å²) in [5, 5.41) is 0.804. The summed E-state index contributed by atoms with van der Waals surface area (Å²) in [7, 11) is 0. The molecule has 0 aliphatic carbocycles. The molecule has 90 valence electrons. The average molecular weight is 359 g/mol. The van der Waals surface area contributed by atoms with E-state index in [4.69, 9.17) is 5.84 Å². The van der Waals surface area contributed by atoms with Gasteiger partial charge in [0, 0.05) is 11.6 Å². The maximum absolute atomic E-state index is 5.74. The van der Waals surface area contributed by atoms with Crippen molar-refractivity contribution in [1.82, 2.24) is 4.98 Å². The van der Waals surface area contributed by atoms with E-state index in [9.17, 15) is 0 Å². The van der Waals surface area contributed by atoms with Gasteiger partial charge in [0.2, 0.25) is 0 Å². The van der Waals surface area contributed by atoms with E-state index in [0.717, 1.165) is 16.4 Å². The zero-order valence-electron chi connectivity index (χ0n) is 9.72. The minimum atomic E-state index is 0. The van der Waals surface area contributed by atoms with Crippen molar-refractivity contribution in [3.8, 4) is 11.3 Å². The van der Waals surface area contributed by atoms with Crippen molar-refractivity contribution in [3.63, 3.8) is 0 Å². The molecule has 2 N–H and O–H groups in total. The summed E-state index contributed by atoms with van der Waals surface area (Å²) in [5.74, 6) is 5.74. The third-order valence-corrected chi connectivity index (χ3v) is 3.03. The van der Waals surface area contributed by atoms with Gasteiger partial charge in [-0.05, 0) is 29.9 Å².